The van der Waals surface area contributed by atoms with Crippen LogP contribution in [0.25, 0.3) is 0 Å². The molecule has 0 fully saturated rings. The zero-order valence-electron chi connectivity index (χ0n) is 6.67. The van der Waals surface area contributed by atoms with Gasteiger partial charge in [-0.15, -0.1) is 20.4 Å². The summed E-state index contributed by atoms with van der Waals surface area (Å²) in [5.41, 5.74) is -0.0826. The summed E-state index contributed by atoms with van der Waals surface area (Å²) in [4.78, 5) is 0. The number of halogens is 1. The minimum Gasteiger partial charge on any atom is -0.130 e. The maximum atomic E-state index is 3.88. The van der Waals surface area contributed by atoms with Crippen LogP contribution in [0.3, 0.4) is 0 Å². The van der Waals surface area contributed by atoms with Crippen LogP contribution < -0.4 is 0 Å². The topological polar surface area (TPSA) is 51.6 Å². The fraction of sp³-hybridized carbons (Fsp3) is 0.667. The molecule has 0 spiro atoms. The summed E-state index contributed by atoms with van der Waals surface area (Å²) in [5, 5.41) is 15.2. The molecule has 60 valence electrons. The molecule has 11 heavy (non-hydrogen) atoms. The minimum absolute atomic E-state index is 0.0826. The average molecular weight is 217 g/mol. The van der Waals surface area contributed by atoms with E-state index in [2.05, 4.69) is 36.3 Å². The van der Waals surface area contributed by atoms with Crippen LogP contribution in [0.5, 0.6) is 0 Å². The highest BCUT2D eigenvalue weighted by Gasteiger charge is 2.17. The highest BCUT2D eigenvalue weighted by Crippen LogP contribution is 2.15. The summed E-state index contributed by atoms with van der Waals surface area (Å²) >= 11 is 3.06. The van der Waals surface area contributed by atoms with Crippen molar-refractivity contribution in [3.05, 3.63) is 10.6 Å². The number of hydrogen-bond donors (Lipinski definition) is 0. The van der Waals surface area contributed by atoms with Gasteiger partial charge in [-0.3, -0.25) is 0 Å². The average Bonchev–Trinajstić information content (AvgIpc) is 1.86. The Morgan fingerprint density at radius 3 is 1.82 bits per heavy atom. The highest BCUT2D eigenvalue weighted by molar-refractivity contribution is 9.10. The van der Waals surface area contributed by atoms with Crippen LogP contribution in [0.15, 0.2) is 4.73 Å². The van der Waals surface area contributed by atoms with Crippen molar-refractivity contribution in [1.82, 2.24) is 20.4 Å². The summed E-state index contributed by atoms with van der Waals surface area (Å²) in [6, 6.07) is 0. The fourth-order valence-corrected chi connectivity index (χ4v) is 0.676. The standard InChI is InChI=1S/C6H9BrN4/c1-6(2,3)4-8-10-5(7)11-9-4/h1-3H3. The molecule has 0 saturated carbocycles. The lowest BCUT2D eigenvalue weighted by atomic mass is 9.96. The normalized spacial score (nSPS) is 11.6. The van der Waals surface area contributed by atoms with Crippen LogP contribution in [-0.2, 0) is 5.41 Å². The van der Waals surface area contributed by atoms with Crippen molar-refractivity contribution in [2.45, 2.75) is 26.2 Å². The van der Waals surface area contributed by atoms with Gasteiger partial charge in [0.1, 0.15) is 0 Å². The number of hydrogen-bond acceptors (Lipinski definition) is 4. The molecular formula is C6H9BrN4. The highest BCUT2D eigenvalue weighted by atomic mass is 79.9. The Hall–Kier alpha value is -0.580. The third-order valence-corrected chi connectivity index (χ3v) is 1.44. The van der Waals surface area contributed by atoms with Crippen molar-refractivity contribution in [3.63, 3.8) is 0 Å². The quantitative estimate of drug-likeness (QED) is 0.657. The van der Waals surface area contributed by atoms with E-state index in [-0.39, 0.29) is 5.41 Å². The molecule has 0 aliphatic rings. The molecule has 0 N–H and O–H groups in total. The van der Waals surface area contributed by atoms with Crippen LogP contribution >= 0.6 is 15.9 Å². The molecule has 5 heteroatoms. The molecule has 0 aromatic carbocycles. The predicted octanol–water partition coefficient (Wildman–Crippen LogP) is 1.33. The van der Waals surface area contributed by atoms with Gasteiger partial charge in [-0.05, 0) is 15.9 Å². The van der Waals surface area contributed by atoms with Crippen molar-refractivity contribution >= 4 is 15.9 Å². The smallest absolute Gasteiger partial charge is 0.130 e. The molecule has 0 aliphatic heterocycles. The van der Waals surface area contributed by atoms with Crippen molar-refractivity contribution < 1.29 is 0 Å². The number of nitrogens with zero attached hydrogens (tertiary/aromatic N) is 4. The zero-order chi connectivity index (χ0) is 8.48. The molecule has 0 bridgehead atoms. The van der Waals surface area contributed by atoms with E-state index in [4.69, 9.17) is 0 Å². The Morgan fingerprint density at radius 2 is 1.45 bits per heavy atom. The van der Waals surface area contributed by atoms with Gasteiger partial charge in [0, 0.05) is 5.41 Å². The van der Waals surface area contributed by atoms with Crippen LogP contribution in [0.1, 0.15) is 26.6 Å². The number of aromatic nitrogens is 4. The van der Waals surface area contributed by atoms with E-state index in [1.54, 1.807) is 0 Å². The molecule has 1 heterocycles. The van der Waals surface area contributed by atoms with E-state index in [1.807, 2.05) is 20.8 Å². The Morgan fingerprint density at radius 1 is 1.00 bits per heavy atom. The second kappa shape index (κ2) is 2.81. The van der Waals surface area contributed by atoms with Gasteiger partial charge < -0.3 is 0 Å². The lowest BCUT2D eigenvalue weighted by Gasteiger charge is -2.13. The van der Waals surface area contributed by atoms with Crippen LogP contribution in [0.2, 0.25) is 0 Å². The Balaban J connectivity index is 2.99. The summed E-state index contributed by atoms with van der Waals surface area (Å²) in [5.74, 6) is 0.653. The van der Waals surface area contributed by atoms with Crippen LogP contribution in [0, 0.1) is 0 Å². The van der Waals surface area contributed by atoms with Gasteiger partial charge in [0.15, 0.2) is 5.82 Å². The molecule has 1 aromatic rings. The zero-order valence-corrected chi connectivity index (χ0v) is 8.25. The molecule has 1 aromatic heterocycles. The first-order valence-corrected chi connectivity index (χ1v) is 4.03. The minimum atomic E-state index is -0.0826. The van der Waals surface area contributed by atoms with E-state index in [0.717, 1.165) is 0 Å². The van der Waals surface area contributed by atoms with Gasteiger partial charge in [-0.2, -0.15) is 0 Å². The monoisotopic (exact) mass is 216 g/mol. The van der Waals surface area contributed by atoms with Gasteiger partial charge in [0.25, 0.3) is 0 Å². The largest absolute Gasteiger partial charge is 0.238 e. The molecular weight excluding hydrogens is 208 g/mol. The predicted molar refractivity (Wildman–Crippen MR) is 44.0 cm³/mol. The first kappa shape index (κ1) is 8.52. The first-order chi connectivity index (χ1) is 5.00. The summed E-state index contributed by atoms with van der Waals surface area (Å²) in [6.45, 7) is 6.04. The van der Waals surface area contributed by atoms with Gasteiger partial charge >= 0.3 is 0 Å². The van der Waals surface area contributed by atoms with Crippen molar-refractivity contribution in [2.24, 2.45) is 0 Å². The van der Waals surface area contributed by atoms with Crippen molar-refractivity contribution in [1.29, 1.82) is 0 Å². The second-order valence-corrected chi connectivity index (χ2v) is 3.95. The van der Waals surface area contributed by atoms with Crippen molar-refractivity contribution in [2.75, 3.05) is 0 Å². The lowest BCUT2D eigenvalue weighted by molar-refractivity contribution is 0.515. The second-order valence-electron chi connectivity index (χ2n) is 3.24. The van der Waals surface area contributed by atoms with Gasteiger partial charge in [-0.25, -0.2) is 0 Å². The van der Waals surface area contributed by atoms with E-state index in [1.165, 1.54) is 0 Å². The van der Waals surface area contributed by atoms with Gasteiger partial charge in [0.05, 0.1) is 0 Å². The first-order valence-electron chi connectivity index (χ1n) is 3.23. The Labute approximate surface area is 73.6 Å². The van der Waals surface area contributed by atoms with Crippen molar-refractivity contribution in [3.8, 4) is 0 Å². The summed E-state index contributed by atoms with van der Waals surface area (Å²) in [7, 11) is 0. The summed E-state index contributed by atoms with van der Waals surface area (Å²) in [6.07, 6.45) is 0. The Kier molecular flexibility index (Phi) is 2.17. The summed E-state index contributed by atoms with van der Waals surface area (Å²) < 4.78 is 0.422. The Bertz CT molecular complexity index is 238. The molecule has 4 nitrogen and oxygen atoms in total. The third kappa shape index (κ3) is 2.18. The van der Waals surface area contributed by atoms with Gasteiger partial charge in [-0.1, -0.05) is 20.8 Å². The maximum Gasteiger partial charge on any atom is 0.238 e. The molecule has 0 saturated heterocycles. The number of rotatable bonds is 0. The lowest BCUT2D eigenvalue weighted by Crippen LogP contribution is -2.17. The molecule has 0 aliphatic carbocycles. The van der Waals surface area contributed by atoms with Crippen LogP contribution in [-0.4, -0.2) is 20.4 Å². The van der Waals surface area contributed by atoms with Crippen LogP contribution in [0.4, 0.5) is 0 Å². The van der Waals surface area contributed by atoms with E-state index in [0.29, 0.717) is 10.6 Å². The molecule has 0 amide bonds. The van der Waals surface area contributed by atoms with Gasteiger partial charge in [0.2, 0.25) is 4.73 Å². The van der Waals surface area contributed by atoms with E-state index < -0.39 is 0 Å². The SMILES string of the molecule is CC(C)(C)c1nnc(Br)nn1. The van der Waals surface area contributed by atoms with E-state index in [9.17, 15) is 0 Å². The van der Waals surface area contributed by atoms with E-state index >= 15 is 0 Å². The maximum absolute atomic E-state index is 3.88. The third-order valence-electron chi connectivity index (χ3n) is 1.13. The molecule has 0 radical (unpaired) electrons. The molecule has 1 rings (SSSR count). The molecule has 0 atom stereocenters. The molecule has 0 unspecified atom stereocenters. The fourth-order valence-electron chi connectivity index (χ4n) is 0.517.